The Balaban J connectivity index is 0.776. The number of nitrogens with one attached hydrogen (secondary N) is 4. The molecule has 0 heterocycles. The Morgan fingerprint density at radius 3 is 0.633 bits per heavy atom. The third-order valence-electron chi connectivity index (χ3n) is 12.0. The lowest BCUT2D eigenvalue weighted by atomic mass is 9.77. The quantitative estimate of drug-likeness (QED) is 0.0282. The van der Waals surface area contributed by atoms with Gasteiger partial charge in [-0.15, -0.1) is 0 Å². The normalized spacial score (nSPS) is 11.8. The molecule has 60 heavy (non-hydrogen) atoms. The summed E-state index contributed by atoms with van der Waals surface area (Å²) in [6, 6.07) is 65.6. The molecule has 0 saturated heterocycles. The van der Waals surface area contributed by atoms with Crippen LogP contribution in [-0.4, -0.2) is 39.3 Å². The predicted octanol–water partition coefficient (Wildman–Crippen LogP) is 12.0. The molecule has 0 amide bonds. The molecule has 6 rings (SSSR count). The summed E-state index contributed by atoms with van der Waals surface area (Å²) in [7, 11) is 0. The number of unbranched alkanes of at least 4 members (excludes halogenated alkanes) is 9. The highest BCUT2D eigenvalue weighted by Gasteiger charge is 2.36. The molecule has 4 heteroatoms. The SMILES string of the molecule is c1ccc(C(NCCCCCCCNCCCCNCCCCCCCNC(c2ccccc2)(c2ccccc2)c2ccccc2)(c2ccccc2)c2ccccc2)cc1. The lowest BCUT2D eigenvalue weighted by Gasteiger charge is -2.37. The Morgan fingerprint density at radius 2 is 0.400 bits per heavy atom. The molecule has 0 fully saturated rings. The van der Waals surface area contributed by atoms with Gasteiger partial charge in [0.25, 0.3) is 0 Å². The van der Waals surface area contributed by atoms with Crippen molar-refractivity contribution in [3.05, 3.63) is 215 Å². The maximum absolute atomic E-state index is 4.04. The Morgan fingerprint density at radius 1 is 0.217 bits per heavy atom. The lowest BCUT2D eigenvalue weighted by Crippen LogP contribution is -2.45. The average Bonchev–Trinajstić information content (AvgIpc) is 3.32. The van der Waals surface area contributed by atoms with E-state index in [0.717, 1.165) is 39.3 Å². The van der Waals surface area contributed by atoms with Crippen LogP contribution in [0.2, 0.25) is 0 Å². The van der Waals surface area contributed by atoms with Gasteiger partial charge in [-0.25, -0.2) is 0 Å². The number of hydrogen-bond acceptors (Lipinski definition) is 4. The van der Waals surface area contributed by atoms with Gasteiger partial charge in [0.1, 0.15) is 0 Å². The van der Waals surface area contributed by atoms with Gasteiger partial charge in [0.15, 0.2) is 0 Å². The predicted molar refractivity (Wildman–Crippen MR) is 256 cm³/mol. The van der Waals surface area contributed by atoms with E-state index in [1.165, 1.54) is 110 Å². The Bertz CT molecular complexity index is 1610. The first-order valence-corrected chi connectivity index (χ1v) is 23.1. The molecule has 0 aliphatic carbocycles. The Labute approximate surface area is 362 Å². The van der Waals surface area contributed by atoms with Crippen LogP contribution in [0, 0.1) is 0 Å². The molecule has 6 aromatic rings. The van der Waals surface area contributed by atoms with E-state index in [1.54, 1.807) is 0 Å². The third kappa shape index (κ3) is 12.8. The molecule has 0 atom stereocenters. The van der Waals surface area contributed by atoms with Crippen molar-refractivity contribution in [2.24, 2.45) is 0 Å². The summed E-state index contributed by atoms with van der Waals surface area (Å²) in [4.78, 5) is 0. The van der Waals surface area contributed by atoms with Crippen LogP contribution in [0.3, 0.4) is 0 Å². The Hall–Kier alpha value is -4.84. The molecule has 0 bridgehead atoms. The van der Waals surface area contributed by atoms with E-state index in [0.29, 0.717) is 0 Å². The van der Waals surface area contributed by atoms with Crippen LogP contribution in [0.25, 0.3) is 0 Å². The maximum atomic E-state index is 4.04. The van der Waals surface area contributed by atoms with Crippen LogP contribution in [0.1, 0.15) is 110 Å². The molecular weight excluding hydrogens is 729 g/mol. The molecule has 4 N–H and O–H groups in total. The first-order valence-electron chi connectivity index (χ1n) is 23.1. The highest BCUT2D eigenvalue weighted by molar-refractivity contribution is 5.50. The molecule has 0 radical (unpaired) electrons. The minimum absolute atomic E-state index is 0.368. The topological polar surface area (TPSA) is 48.1 Å². The summed E-state index contributed by atoms with van der Waals surface area (Å²) in [5, 5.41) is 15.5. The van der Waals surface area contributed by atoms with Gasteiger partial charge in [-0.05, 0) is 111 Å². The molecular formula is C56H70N4. The second kappa shape index (κ2) is 25.7. The van der Waals surface area contributed by atoms with Crippen molar-refractivity contribution in [1.29, 1.82) is 0 Å². The van der Waals surface area contributed by atoms with Crippen LogP contribution < -0.4 is 21.3 Å². The fraction of sp³-hybridized carbons (Fsp3) is 0.357. The summed E-state index contributed by atoms with van der Waals surface area (Å²) in [5.74, 6) is 0. The van der Waals surface area contributed by atoms with Gasteiger partial charge >= 0.3 is 0 Å². The molecule has 0 saturated carbocycles. The minimum Gasteiger partial charge on any atom is -0.317 e. The first-order chi connectivity index (χ1) is 29.8. The van der Waals surface area contributed by atoms with E-state index < -0.39 is 0 Å². The maximum Gasteiger partial charge on any atom is 0.0947 e. The zero-order chi connectivity index (χ0) is 41.2. The van der Waals surface area contributed by atoms with Crippen molar-refractivity contribution >= 4 is 0 Å². The van der Waals surface area contributed by atoms with Gasteiger partial charge in [0.05, 0.1) is 11.1 Å². The van der Waals surface area contributed by atoms with Crippen LogP contribution >= 0.6 is 0 Å². The van der Waals surface area contributed by atoms with Crippen molar-refractivity contribution in [1.82, 2.24) is 21.3 Å². The second-order valence-electron chi connectivity index (χ2n) is 16.3. The monoisotopic (exact) mass is 799 g/mol. The van der Waals surface area contributed by atoms with Gasteiger partial charge in [0.2, 0.25) is 0 Å². The summed E-state index contributed by atoms with van der Waals surface area (Å²) in [5.41, 5.74) is 6.96. The first kappa shape index (κ1) is 44.7. The van der Waals surface area contributed by atoms with E-state index in [9.17, 15) is 0 Å². The zero-order valence-corrected chi connectivity index (χ0v) is 36.0. The van der Waals surface area contributed by atoms with Gasteiger partial charge in [0, 0.05) is 0 Å². The molecule has 0 unspecified atom stereocenters. The van der Waals surface area contributed by atoms with E-state index in [1.807, 2.05) is 0 Å². The highest BCUT2D eigenvalue weighted by Crippen LogP contribution is 2.38. The van der Waals surface area contributed by atoms with Crippen LogP contribution in [0.4, 0.5) is 0 Å². The fourth-order valence-electron chi connectivity index (χ4n) is 8.85. The van der Waals surface area contributed by atoms with E-state index in [2.05, 4.69) is 203 Å². The standard InChI is InChI=1S/C56H70N4/c1(5-27-47-59-55(49-31-13-7-14-32-49,50-33-15-8-16-34-50)51-35-17-9-18-36-51)3-25-43-57-45-29-30-46-58-44-26-4-2-6-28-48-60-56(52-37-19-10-20-38-52,53-39-21-11-22-40-53)54-41-23-12-24-42-54/h7-24,31-42,57-60H,1-6,25-30,43-48H2. The minimum atomic E-state index is -0.368. The molecule has 314 valence electrons. The molecule has 0 spiro atoms. The van der Waals surface area contributed by atoms with Gasteiger partial charge in [-0.1, -0.05) is 221 Å². The number of hydrogen-bond donors (Lipinski definition) is 4. The summed E-state index contributed by atoms with van der Waals surface area (Å²) in [6.07, 6.45) is 15.0. The highest BCUT2D eigenvalue weighted by atomic mass is 15.0. The summed E-state index contributed by atoms with van der Waals surface area (Å²) >= 11 is 0. The number of rotatable bonds is 29. The van der Waals surface area contributed by atoms with E-state index in [4.69, 9.17) is 0 Å². The van der Waals surface area contributed by atoms with Crippen LogP contribution in [-0.2, 0) is 11.1 Å². The van der Waals surface area contributed by atoms with E-state index in [-0.39, 0.29) is 11.1 Å². The summed E-state index contributed by atoms with van der Waals surface area (Å²) in [6.45, 7) is 6.46. The van der Waals surface area contributed by atoms with Gasteiger partial charge < -0.3 is 10.6 Å². The van der Waals surface area contributed by atoms with Crippen LogP contribution in [0.15, 0.2) is 182 Å². The molecule has 0 aliphatic rings. The average molecular weight is 799 g/mol. The molecule has 0 aliphatic heterocycles. The van der Waals surface area contributed by atoms with Crippen LogP contribution in [0.5, 0.6) is 0 Å². The van der Waals surface area contributed by atoms with Gasteiger partial charge in [-0.3, -0.25) is 10.6 Å². The fourth-order valence-corrected chi connectivity index (χ4v) is 8.85. The second-order valence-corrected chi connectivity index (χ2v) is 16.3. The smallest absolute Gasteiger partial charge is 0.0947 e. The molecule has 6 aromatic carbocycles. The third-order valence-corrected chi connectivity index (χ3v) is 12.0. The molecule has 0 aromatic heterocycles. The van der Waals surface area contributed by atoms with Crippen molar-refractivity contribution in [2.45, 2.75) is 88.1 Å². The van der Waals surface area contributed by atoms with Crippen molar-refractivity contribution in [2.75, 3.05) is 39.3 Å². The largest absolute Gasteiger partial charge is 0.317 e. The zero-order valence-electron chi connectivity index (χ0n) is 36.0. The lowest BCUT2D eigenvalue weighted by molar-refractivity contribution is 0.453. The number of benzene rings is 6. The van der Waals surface area contributed by atoms with Gasteiger partial charge in [-0.2, -0.15) is 0 Å². The summed E-state index contributed by atoms with van der Waals surface area (Å²) < 4.78 is 0. The van der Waals surface area contributed by atoms with Crippen molar-refractivity contribution < 1.29 is 0 Å². The van der Waals surface area contributed by atoms with E-state index >= 15 is 0 Å². The Kier molecular flexibility index (Phi) is 19.2. The molecule has 4 nitrogen and oxygen atoms in total. The van der Waals surface area contributed by atoms with Crippen molar-refractivity contribution in [3.8, 4) is 0 Å². The van der Waals surface area contributed by atoms with Crippen molar-refractivity contribution in [3.63, 3.8) is 0 Å².